The minimum atomic E-state index is -0.280. The molecule has 14 heavy (non-hydrogen) atoms. The van der Waals surface area contributed by atoms with Gasteiger partial charge in [0.2, 0.25) is 11.8 Å². The van der Waals surface area contributed by atoms with Crippen LogP contribution in [-0.2, 0) is 0 Å². The average Bonchev–Trinajstić information content (AvgIpc) is 2.54. The molecule has 3 rings (SSSR count). The SMILES string of the molecule is Fc1ccc2c(c1)o[n+]1ccccc21. The average molecular weight is 188 g/mol. The van der Waals surface area contributed by atoms with E-state index in [1.165, 1.54) is 12.1 Å². The van der Waals surface area contributed by atoms with Gasteiger partial charge in [-0.3, -0.25) is 0 Å². The van der Waals surface area contributed by atoms with Crippen molar-refractivity contribution in [2.45, 2.75) is 0 Å². The number of nitrogens with zero attached hydrogens (tertiary/aromatic N) is 1. The van der Waals surface area contributed by atoms with E-state index in [1.54, 1.807) is 16.8 Å². The highest BCUT2D eigenvalue weighted by Crippen LogP contribution is 2.18. The van der Waals surface area contributed by atoms with Crippen LogP contribution in [0.2, 0.25) is 0 Å². The Bertz CT molecular complexity index is 615. The Morgan fingerprint density at radius 2 is 2.07 bits per heavy atom. The molecule has 0 bridgehead atoms. The van der Waals surface area contributed by atoms with Crippen LogP contribution >= 0.6 is 0 Å². The molecule has 68 valence electrons. The van der Waals surface area contributed by atoms with Gasteiger partial charge in [-0.15, -0.1) is 0 Å². The second kappa shape index (κ2) is 2.54. The number of rotatable bonds is 0. The van der Waals surface area contributed by atoms with E-state index < -0.39 is 0 Å². The van der Waals surface area contributed by atoms with Crippen molar-refractivity contribution in [1.29, 1.82) is 0 Å². The first-order chi connectivity index (χ1) is 6.84. The zero-order valence-corrected chi connectivity index (χ0v) is 7.27. The van der Waals surface area contributed by atoms with Gasteiger partial charge >= 0.3 is 0 Å². The van der Waals surface area contributed by atoms with E-state index in [2.05, 4.69) is 0 Å². The molecule has 2 heterocycles. The van der Waals surface area contributed by atoms with E-state index in [1.807, 2.05) is 18.2 Å². The zero-order chi connectivity index (χ0) is 9.54. The molecule has 0 fully saturated rings. The first-order valence-electron chi connectivity index (χ1n) is 4.33. The van der Waals surface area contributed by atoms with E-state index in [4.69, 9.17) is 4.52 Å². The van der Waals surface area contributed by atoms with Crippen LogP contribution in [0.15, 0.2) is 47.1 Å². The van der Waals surface area contributed by atoms with Crippen LogP contribution < -0.4 is 4.57 Å². The fraction of sp³-hybridized carbons (Fsp3) is 0. The number of hydrogen-bond donors (Lipinski definition) is 0. The van der Waals surface area contributed by atoms with Gasteiger partial charge in [0.25, 0.3) is 5.52 Å². The molecule has 0 saturated heterocycles. The van der Waals surface area contributed by atoms with Gasteiger partial charge < -0.3 is 0 Å². The van der Waals surface area contributed by atoms with Crippen molar-refractivity contribution in [3.63, 3.8) is 0 Å². The van der Waals surface area contributed by atoms with Crippen molar-refractivity contribution in [2.24, 2.45) is 0 Å². The van der Waals surface area contributed by atoms with Crippen molar-refractivity contribution >= 4 is 16.5 Å². The van der Waals surface area contributed by atoms with Crippen LogP contribution in [0.4, 0.5) is 4.39 Å². The van der Waals surface area contributed by atoms with Crippen LogP contribution in [0.25, 0.3) is 16.5 Å². The lowest BCUT2D eigenvalue weighted by Crippen LogP contribution is -2.15. The Labute approximate surface area is 79.2 Å². The molecular weight excluding hydrogens is 181 g/mol. The lowest BCUT2D eigenvalue weighted by Gasteiger charge is -1.82. The van der Waals surface area contributed by atoms with Gasteiger partial charge in [-0.05, 0) is 18.2 Å². The van der Waals surface area contributed by atoms with Crippen molar-refractivity contribution in [1.82, 2.24) is 0 Å². The second-order valence-corrected chi connectivity index (χ2v) is 3.14. The van der Waals surface area contributed by atoms with Crippen LogP contribution in [-0.4, -0.2) is 0 Å². The predicted molar refractivity (Wildman–Crippen MR) is 49.3 cm³/mol. The summed E-state index contributed by atoms with van der Waals surface area (Å²) in [5, 5.41) is 0.923. The molecule has 3 heteroatoms. The van der Waals surface area contributed by atoms with E-state index >= 15 is 0 Å². The molecule has 0 atom stereocenters. The largest absolute Gasteiger partial charge is 0.269 e. The monoisotopic (exact) mass is 188 g/mol. The summed E-state index contributed by atoms with van der Waals surface area (Å²) in [6.07, 6.45) is 1.80. The fourth-order valence-electron chi connectivity index (χ4n) is 1.61. The first-order valence-corrected chi connectivity index (χ1v) is 4.33. The smallest absolute Gasteiger partial charge is 0.230 e. The Kier molecular flexibility index (Phi) is 1.36. The molecule has 3 aromatic rings. The van der Waals surface area contributed by atoms with Crippen LogP contribution in [0.1, 0.15) is 0 Å². The van der Waals surface area contributed by atoms with E-state index in [0.717, 1.165) is 10.9 Å². The highest BCUT2D eigenvalue weighted by atomic mass is 19.1. The van der Waals surface area contributed by atoms with Crippen LogP contribution in [0.3, 0.4) is 0 Å². The van der Waals surface area contributed by atoms with Gasteiger partial charge in [-0.25, -0.2) is 8.91 Å². The van der Waals surface area contributed by atoms with Crippen molar-refractivity contribution in [3.8, 4) is 0 Å². The molecule has 0 saturated carbocycles. The minimum Gasteiger partial charge on any atom is -0.230 e. The third-order valence-electron chi connectivity index (χ3n) is 2.24. The minimum absolute atomic E-state index is 0.280. The summed E-state index contributed by atoms with van der Waals surface area (Å²) in [7, 11) is 0. The lowest BCUT2D eigenvalue weighted by molar-refractivity contribution is -0.712. The summed E-state index contributed by atoms with van der Waals surface area (Å²) in [5.41, 5.74) is 1.51. The summed E-state index contributed by atoms with van der Waals surface area (Å²) in [6.45, 7) is 0. The topological polar surface area (TPSA) is 17.2 Å². The quantitative estimate of drug-likeness (QED) is 0.495. The first kappa shape index (κ1) is 7.50. The number of halogens is 1. The molecule has 0 N–H and O–H groups in total. The number of fused-ring (bicyclic) bond motifs is 3. The van der Waals surface area contributed by atoms with Gasteiger partial charge in [0.05, 0.1) is 0 Å². The molecule has 2 nitrogen and oxygen atoms in total. The van der Waals surface area contributed by atoms with Crippen LogP contribution in [0.5, 0.6) is 0 Å². The van der Waals surface area contributed by atoms with Gasteiger partial charge in [-0.1, -0.05) is 0 Å². The molecule has 0 amide bonds. The molecule has 0 aliphatic heterocycles. The molecule has 0 radical (unpaired) electrons. The van der Waals surface area contributed by atoms with Crippen molar-refractivity contribution < 1.29 is 13.5 Å². The van der Waals surface area contributed by atoms with Gasteiger partial charge in [0, 0.05) is 22.8 Å². The van der Waals surface area contributed by atoms with Crippen molar-refractivity contribution in [3.05, 3.63) is 48.4 Å². The summed E-state index contributed by atoms with van der Waals surface area (Å²) >= 11 is 0. The molecule has 0 aliphatic rings. The van der Waals surface area contributed by atoms with E-state index in [-0.39, 0.29) is 5.82 Å². The Morgan fingerprint density at radius 3 is 3.00 bits per heavy atom. The summed E-state index contributed by atoms with van der Waals surface area (Å²) in [6, 6.07) is 10.3. The van der Waals surface area contributed by atoms with E-state index in [0.29, 0.717) is 5.58 Å². The molecule has 1 aromatic carbocycles. The molecule has 0 aliphatic carbocycles. The standard InChI is InChI=1S/C11H7FNO/c12-8-4-5-9-10-3-1-2-6-13(10)14-11(9)7-8/h1-7H/q+1. The third kappa shape index (κ3) is 0.923. The summed E-state index contributed by atoms with van der Waals surface area (Å²) < 4.78 is 19.9. The number of pyridine rings is 1. The Hall–Kier alpha value is -1.90. The fourth-order valence-corrected chi connectivity index (χ4v) is 1.61. The summed E-state index contributed by atoms with van der Waals surface area (Å²) in [4.78, 5) is 0. The molecular formula is C11H7FNO+. The molecule has 0 unspecified atom stereocenters. The van der Waals surface area contributed by atoms with Gasteiger partial charge in [-0.2, -0.15) is 0 Å². The predicted octanol–water partition coefficient (Wildman–Crippen LogP) is 2.31. The number of aromatic nitrogens is 1. The maximum atomic E-state index is 12.9. The third-order valence-corrected chi connectivity index (χ3v) is 2.24. The Balaban J connectivity index is 2.57. The maximum Gasteiger partial charge on any atom is 0.269 e. The molecule has 2 aromatic heterocycles. The highest BCUT2D eigenvalue weighted by molar-refractivity contribution is 5.89. The Morgan fingerprint density at radius 1 is 1.14 bits per heavy atom. The van der Waals surface area contributed by atoms with Gasteiger partial charge in [0.1, 0.15) is 11.2 Å². The van der Waals surface area contributed by atoms with Crippen molar-refractivity contribution in [2.75, 3.05) is 0 Å². The normalized spacial score (nSPS) is 11.2. The highest BCUT2D eigenvalue weighted by Gasteiger charge is 2.13. The van der Waals surface area contributed by atoms with Crippen LogP contribution in [0, 0.1) is 5.82 Å². The summed E-state index contributed by atoms with van der Waals surface area (Å²) in [5.74, 6) is -0.280. The zero-order valence-electron chi connectivity index (χ0n) is 7.27. The van der Waals surface area contributed by atoms with Gasteiger partial charge in [0.15, 0.2) is 0 Å². The second-order valence-electron chi connectivity index (χ2n) is 3.14. The molecule has 0 spiro atoms. The number of benzene rings is 1. The van der Waals surface area contributed by atoms with E-state index in [9.17, 15) is 4.39 Å². The maximum absolute atomic E-state index is 12.9. The number of hydrogen-bond acceptors (Lipinski definition) is 1. The lowest BCUT2D eigenvalue weighted by atomic mass is 10.2.